The summed E-state index contributed by atoms with van der Waals surface area (Å²) in [6.07, 6.45) is 1.69. The van der Waals surface area contributed by atoms with Gasteiger partial charge in [0.2, 0.25) is 0 Å². The molecular formula is C16H13NO2. The monoisotopic (exact) mass is 251 g/mol. The summed E-state index contributed by atoms with van der Waals surface area (Å²) in [7, 11) is 0. The minimum Gasteiger partial charge on any atom is -0.353 e. The number of carbonyl (C=O) groups excluding carboxylic acids is 2. The van der Waals surface area contributed by atoms with Gasteiger partial charge in [0.25, 0.3) is 0 Å². The van der Waals surface area contributed by atoms with Crippen LogP contribution in [0.25, 0.3) is 21.8 Å². The Morgan fingerprint density at radius 2 is 1.21 bits per heavy atom. The van der Waals surface area contributed by atoms with Gasteiger partial charge in [0.05, 0.1) is 11.0 Å². The van der Waals surface area contributed by atoms with Crippen LogP contribution in [0.15, 0.2) is 24.3 Å². The van der Waals surface area contributed by atoms with Crippen LogP contribution in [-0.4, -0.2) is 17.6 Å². The quantitative estimate of drug-likeness (QED) is 0.708. The predicted octanol–water partition coefficient (Wildman–Crippen LogP) is 3.56. The molecular weight excluding hydrogens is 238 g/mol. The molecule has 0 aliphatic heterocycles. The molecule has 0 saturated heterocycles. The molecule has 0 saturated carbocycles. The first-order valence-electron chi connectivity index (χ1n) is 6.11. The van der Waals surface area contributed by atoms with Crippen LogP contribution < -0.4 is 0 Å². The van der Waals surface area contributed by atoms with E-state index in [0.29, 0.717) is 11.1 Å². The molecule has 19 heavy (non-hydrogen) atoms. The van der Waals surface area contributed by atoms with Crippen molar-refractivity contribution in [3.05, 3.63) is 46.5 Å². The van der Waals surface area contributed by atoms with Crippen molar-refractivity contribution in [2.24, 2.45) is 0 Å². The molecule has 1 N–H and O–H groups in total. The van der Waals surface area contributed by atoms with Gasteiger partial charge in [-0.05, 0) is 49.2 Å². The van der Waals surface area contributed by atoms with Crippen molar-refractivity contribution in [2.75, 3.05) is 0 Å². The Morgan fingerprint density at radius 1 is 0.789 bits per heavy atom. The molecule has 1 heterocycles. The van der Waals surface area contributed by atoms with Gasteiger partial charge in [-0.2, -0.15) is 0 Å². The Bertz CT molecular complexity index is 759. The maximum absolute atomic E-state index is 11.2. The van der Waals surface area contributed by atoms with E-state index >= 15 is 0 Å². The fourth-order valence-corrected chi connectivity index (χ4v) is 2.64. The standard InChI is InChI=1S/C16H13NO2/c1-9-3-11(7-18)15-13(5-9)14-6-10(2)4-12(8-19)16(14)17-15/h3-8,17H,1-2H3. The number of H-pyrrole nitrogens is 1. The van der Waals surface area contributed by atoms with E-state index in [4.69, 9.17) is 0 Å². The second-order valence-corrected chi connectivity index (χ2v) is 4.91. The number of hydrogen-bond donors (Lipinski definition) is 1. The van der Waals surface area contributed by atoms with Gasteiger partial charge >= 0.3 is 0 Å². The molecule has 3 rings (SSSR count). The normalized spacial score (nSPS) is 11.1. The molecule has 0 aliphatic rings. The third-order valence-corrected chi connectivity index (χ3v) is 3.42. The highest BCUT2D eigenvalue weighted by molar-refractivity contribution is 6.15. The zero-order valence-corrected chi connectivity index (χ0v) is 10.8. The smallest absolute Gasteiger partial charge is 0.152 e. The van der Waals surface area contributed by atoms with Gasteiger partial charge in [-0.25, -0.2) is 0 Å². The number of carbonyl (C=O) groups is 2. The fourth-order valence-electron chi connectivity index (χ4n) is 2.64. The van der Waals surface area contributed by atoms with E-state index in [1.807, 2.05) is 38.1 Å². The Hall–Kier alpha value is -2.42. The summed E-state index contributed by atoms with van der Waals surface area (Å²) in [5.41, 5.74) is 4.91. The number of rotatable bonds is 2. The highest BCUT2D eigenvalue weighted by atomic mass is 16.1. The minimum atomic E-state index is 0.626. The molecule has 0 radical (unpaired) electrons. The molecule has 94 valence electrons. The summed E-state index contributed by atoms with van der Waals surface area (Å²) in [6, 6.07) is 7.76. The fraction of sp³-hybridized carbons (Fsp3) is 0.125. The number of aldehydes is 2. The molecule has 2 aromatic carbocycles. The van der Waals surface area contributed by atoms with E-state index in [2.05, 4.69) is 4.98 Å². The highest BCUT2D eigenvalue weighted by Gasteiger charge is 2.12. The maximum atomic E-state index is 11.2. The SMILES string of the molecule is Cc1cc(C=O)c2[nH]c3c(C=O)cc(C)cc3c2c1. The first kappa shape index (κ1) is 11.7. The molecule has 3 aromatic rings. The lowest BCUT2D eigenvalue weighted by Crippen LogP contribution is -1.85. The lowest BCUT2D eigenvalue weighted by molar-refractivity contribution is 0.111. The largest absolute Gasteiger partial charge is 0.353 e. The third-order valence-electron chi connectivity index (χ3n) is 3.42. The number of aromatic nitrogens is 1. The molecule has 0 unspecified atom stereocenters. The van der Waals surface area contributed by atoms with E-state index in [0.717, 1.165) is 45.5 Å². The van der Waals surface area contributed by atoms with Gasteiger partial charge in [-0.15, -0.1) is 0 Å². The van der Waals surface area contributed by atoms with Gasteiger partial charge < -0.3 is 4.98 Å². The van der Waals surface area contributed by atoms with Crippen LogP contribution in [0.2, 0.25) is 0 Å². The van der Waals surface area contributed by atoms with E-state index < -0.39 is 0 Å². The van der Waals surface area contributed by atoms with Crippen molar-refractivity contribution in [3.63, 3.8) is 0 Å². The van der Waals surface area contributed by atoms with Crippen molar-refractivity contribution in [1.29, 1.82) is 0 Å². The van der Waals surface area contributed by atoms with Crippen molar-refractivity contribution >= 4 is 34.4 Å². The summed E-state index contributed by atoms with van der Waals surface area (Å²) >= 11 is 0. The zero-order chi connectivity index (χ0) is 13.6. The van der Waals surface area contributed by atoms with Crippen LogP contribution in [0.3, 0.4) is 0 Å². The number of nitrogens with one attached hydrogen (secondary N) is 1. The Balaban J connectivity index is 2.59. The summed E-state index contributed by atoms with van der Waals surface area (Å²) < 4.78 is 0. The Morgan fingerprint density at radius 3 is 1.58 bits per heavy atom. The third kappa shape index (κ3) is 1.66. The van der Waals surface area contributed by atoms with E-state index in [9.17, 15) is 9.59 Å². The van der Waals surface area contributed by atoms with Crippen LogP contribution in [0, 0.1) is 13.8 Å². The van der Waals surface area contributed by atoms with Crippen LogP contribution in [-0.2, 0) is 0 Å². The lowest BCUT2D eigenvalue weighted by atomic mass is 10.0. The molecule has 0 fully saturated rings. The molecule has 0 spiro atoms. The van der Waals surface area contributed by atoms with Crippen molar-refractivity contribution < 1.29 is 9.59 Å². The van der Waals surface area contributed by atoms with Crippen molar-refractivity contribution in [1.82, 2.24) is 4.98 Å². The zero-order valence-electron chi connectivity index (χ0n) is 10.8. The number of aryl methyl sites for hydroxylation is 2. The molecule has 0 bridgehead atoms. The highest BCUT2D eigenvalue weighted by Crippen LogP contribution is 2.30. The lowest BCUT2D eigenvalue weighted by Gasteiger charge is -1.99. The van der Waals surface area contributed by atoms with E-state index in [-0.39, 0.29) is 0 Å². The maximum Gasteiger partial charge on any atom is 0.152 e. The van der Waals surface area contributed by atoms with E-state index in [1.54, 1.807) is 0 Å². The van der Waals surface area contributed by atoms with Gasteiger partial charge in [-0.3, -0.25) is 9.59 Å². The van der Waals surface area contributed by atoms with Gasteiger partial charge in [0.1, 0.15) is 0 Å². The summed E-state index contributed by atoms with van der Waals surface area (Å²) in [4.78, 5) is 25.6. The molecule has 0 aliphatic carbocycles. The Kier molecular flexibility index (Phi) is 2.49. The predicted molar refractivity (Wildman–Crippen MR) is 76.1 cm³/mol. The first-order chi connectivity index (χ1) is 9.13. The number of hydrogen-bond acceptors (Lipinski definition) is 2. The molecule has 3 nitrogen and oxygen atoms in total. The molecule has 1 aromatic heterocycles. The average Bonchev–Trinajstić information content (AvgIpc) is 2.75. The Labute approximate surface area is 110 Å². The van der Waals surface area contributed by atoms with Crippen LogP contribution in [0.4, 0.5) is 0 Å². The summed E-state index contributed by atoms with van der Waals surface area (Å²) in [5.74, 6) is 0. The number of aromatic amines is 1. The average molecular weight is 251 g/mol. The van der Waals surface area contributed by atoms with E-state index in [1.165, 1.54) is 0 Å². The minimum absolute atomic E-state index is 0.626. The van der Waals surface area contributed by atoms with Crippen molar-refractivity contribution in [3.8, 4) is 0 Å². The summed E-state index contributed by atoms with van der Waals surface area (Å²) in [6.45, 7) is 3.92. The molecule has 3 heteroatoms. The molecule has 0 amide bonds. The van der Waals surface area contributed by atoms with Crippen molar-refractivity contribution in [2.45, 2.75) is 13.8 Å². The van der Waals surface area contributed by atoms with Crippen LogP contribution in [0.1, 0.15) is 31.8 Å². The van der Waals surface area contributed by atoms with Gasteiger partial charge in [-0.1, -0.05) is 0 Å². The van der Waals surface area contributed by atoms with Crippen LogP contribution >= 0.6 is 0 Å². The van der Waals surface area contributed by atoms with Gasteiger partial charge in [0.15, 0.2) is 12.6 Å². The van der Waals surface area contributed by atoms with Crippen LogP contribution in [0.5, 0.6) is 0 Å². The molecule has 0 atom stereocenters. The second-order valence-electron chi connectivity index (χ2n) is 4.91. The van der Waals surface area contributed by atoms with Gasteiger partial charge in [0, 0.05) is 21.9 Å². The topological polar surface area (TPSA) is 49.9 Å². The first-order valence-corrected chi connectivity index (χ1v) is 6.11. The second kappa shape index (κ2) is 4.05. The number of benzene rings is 2. The number of fused-ring (bicyclic) bond motifs is 3. The summed E-state index contributed by atoms with van der Waals surface area (Å²) in [5, 5.41) is 1.98.